The fourth-order valence-electron chi connectivity index (χ4n) is 1.55. The Kier molecular flexibility index (Phi) is 3.27. The Bertz CT molecular complexity index is 463. The maximum Gasteiger partial charge on any atom is 0.229 e. The van der Waals surface area contributed by atoms with Crippen molar-refractivity contribution < 1.29 is 4.79 Å². The molecule has 0 saturated carbocycles. The van der Waals surface area contributed by atoms with Gasteiger partial charge in [-0.2, -0.15) is 5.26 Å². The Balaban J connectivity index is 2.15. The van der Waals surface area contributed by atoms with Gasteiger partial charge < -0.3 is 0 Å². The predicted molar refractivity (Wildman–Crippen MR) is 64.2 cm³/mol. The summed E-state index contributed by atoms with van der Waals surface area (Å²) >= 11 is 2.44. The minimum atomic E-state index is 0.0766. The second kappa shape index (κ2) is 4.68. The zero-order valence-corrected chi connectivity index (χ0v) is 10.1. The molecule has 2 heterocycles. The molecule has 0 radical (unpaired) electrons. The van der Waals surface area contributed by atoms with Gasteiger partial charge in [-0.1, -0.05) is 17.4 Å². The smallest absolute Gasteiger partial charge is 0.229 e. The van der Waals surface area contributed by atoms with Gasteiger partial charge in [-0.25, -0.2) is 4.98 Å². The van der Waals surface area contributed by atoms with Crippen molar-refractivity contribution in [2.45, 2.75) is 10.6 Å². The van der Waals surface area contributed by atoms with E-state index in [1.165, 1.54) is 11.3 Å². The highest BCUT2D eigenvalue weighted by Crippen LogP contribution is 2.33. The summed E-state index contributed by atoms with van der Waals surface area (Å²) in [6.45, 7) is 4.34. The molecule has 1 fully saturated rings. The molecule has 1 atom stereocenters. The van der Waals surface area contributed by atoms with E-state index in [1.54, 1.807) is 17.2 Å². The number of carbonyl (C=O) groups excluding carboxylic acids is 1. The first-order valence-corrected chi connectivity index (χ1v) is 6.32. The third-order valence-electron chi connectivity index (χ3n) is 2.34. The summed E-state index contributed by atoms with van der Waals surface area (Å²) < 4.78 is 0.812. The first kappa shape index (κ1) is 11.2. The molecule has 1 aliphatic rings. The molecule has 1 amide bonds. The number of rotatable bonds is 3. The number of thiocyanates is 1. The van der Waals surface area contributed by atoms with E-state index in [2.05, 4.69) is 11.6 Å². The van der Waals surface area contributed by atoms with Gasteiger partial charge in [-0.05, 0) is 0 Å². The molecule has 4 nitrogen and oxygen atoms in total. The minimum absolute atomic E-state index is 0.0766. The number of nitrogens with zero attached hydrogens (tertiary/aromatic N) is 3. The molecule has 1 unspecified atom stereocenters. The Labute approximate surface area is 102 Å². The lowest BCUT2D eigenvalue weighted by Crippen LogP contribution is -2.23. The zero-order valence-electron chi connectivity index (χ0n) is 8.42. The van der Waals surface area contributed by atoms with Crippen molar-refractivity contribution in [1.82, 2.24) is 4.98 Å². The van der Waals surface area contributed by atoms with Crippen molar-refractivity contribution in [2.75, 3.05) is 11.4 Å². The molecular weight excluding hydrogens is 242 g/mol. The molecule has 1 saturated heterocycles. The average Bonchev–Trinajstić information content (AvgIpc) is 2.85. The van der Waals surface area contributed by atoms with Gasteiger partial charge in [0.05, 0.1) is 10.4 Å². The van der Waals surface area contributed by atoms with Gasteiger partial charge in [-0.3, -0.25) is 9.69 Å². The topological polar surface area (TPSA) is 57.0 Å². The van der Waals surface area contributed by atoms with E-state index in [9.17, 15) is 4.79 Å². The first-order chi connectivity index (χ1) is 7.74. The van der Waals surface area contributed by atoms with Crippen molar-refractivity contribution in [3.63, 3.8) is 0 Å². The Hall–Kier alpha value is -1.32. The normalized spacial score (nSPS) is 19.8. The molecule has 16 heavy (non-hydrogen) atoms. The fraction of sp³-hybridized carbons (Fsp3) is 0.300. The monoisotopic (exact) mass is 251 g/mol. The number of hydrogen-bond acceptors (Lipinski definition) is 5. The van der Waals surface area contributed by atoms with Crippen LogP contribution >= 0.6 is 23.1 Å². The van der Waals surface area contributed by atoms with Crippen LogP contribution in [0.1, 0.15) is 6.42 Å². The quantitative estimate of drug-likeness (QED) is 0.469. The van der Waals surface area contributed by atoms with Gasteiger partial charge >= 0.3 is 0 Å². The average molecular weight is 251 g/mol. The molecule has 82 valence electrons. The Morgan fingerprint density at radius 1 is 1.81 bits per heavy atom. The van der Waals surface area contributed by atoms with Gasteiger partial charge in [0.2, 0.25) is 5.91 Å². The van der Waals surface area contributed by atoms with Crippen LogP contribution in [0.2, 0.25) is 0 Å². The fourth-order valence-corrected chi connectivity index (χ4v) is 2.92. The maximum atomic E-state index is 11.7. The van der Waals surface area contributed by atoms with E-state index in [4.69, 9.17) is 5.26 Å². The lowest BCUT2D eigenvalue weighted by molar-refractivity contribution is -0.117. The molecule has 6 heteroatoms. The number of hydrogen-bond donors (Lipinski definition) is 0. The molecule has 0 N–H and O–H groups in total. The lowest BCUT2D eigenvalue weighted by atomic mass is 10.1. The summed E-state index contributed by atoms with van der Waals surface area (Å²) in [4.78, 5) is 17.5. The van der Waals surface area contributed by atoms with Crippen LogP contribution in [0, 0.1) is 16.6 Å². The third-order valence-corrected chi connectivity index (χ3v) is 4.05. The van der Waals surface area contributed by atoms with Crippen LogP contribution in [0.4, 0.5) is 5.13 Å². The molecule has 2 rings (SSSR count). The highest BCUT2D eigenvalue weighted by Gasteiger charge is 2.30. The minimum Gasteiger partial charge on any atom is -0.287 e. The second-order valence-electron chi connectivity index (χ2n) is 3.36. The Morgan fingerprint density at radius 3 is 3.25 bits per heavy atom. The maximum absolute atomic E-state index is 11.7. The highest BCUT2D eigenvalue weighted by molar-refractivity contribution is 8.05. The van der Waals surface area contributed by atoms with Crippen LogP contribution in [-0.2, 0) is 4.79 Å². The van der Waals surface area contributed by atoms with E-state index in [0.29, 0.717) is 18.1 Å². The van der Waals surface area contributed by atoms with Crippen molar-refractivity contribution in [1.29, 1.82) is 5.26 Å². The van der Waals surface area contributed by atoms with Crippen molar-refractivity contribution in [3.8, 4) is 5.40 Å². The van der Waals surface area contributed by atoms with E-state index >= 15 is 0 Å². The predicted octanol–water partition coefficient (Wildman–Crippen LogP) is 2.26. The van der Waals surface area contributed by atoms with Gasteiger partial charge in [-0.15, -0.1) is 6.58 Å². The standard InChI is InChI=1S/C10H9N3OS2/c1-2-7-3-8(14)13(5-7)10-12-4-9(16-10)15-6-11/h2,4,7H,1,3,5H2. The first-order valence-electron chi connectivity index (χ1n) is 4.69. The van der Waals surface area contributed by atoms with E-state index < -0.39 is 0 Å². The van der Waals surface area contributed by atoms with Crippen molar-refractivity contribution in [3.05, 3.63) is 18.9 Å². The van der Waals surface area contributed by atoms with Crippen LogP contribution in [0.5, 0.6) is 0 Å². The summed E-state index contributed by atoms with van der Waals surface area (Å²) in [6.07, 6.45) is 3.93. The number of aromatic nitrogens is 1. The Morgan fingerprint density at radius 2 is 2.62 bits per heavy atom. The summed E-state index contributed by atoms with van der Waals surface area (Å²) in [5.41, 5.74) is 0. The van der Waals surface area contributed by atoms with E-state index in [-0.39, 0.29) is 11.8 Å². The number of nitriles is 1. The largest absolute Gasteiger partial charge is 0.287 e. The summed E-state index contributed by atoms with van der Waals surface area (Å²) in [5, 5.41) is 11.2. The number of thiazole rings is 1. The number of thioether (sulfide) groups is 1. The molecule has 0 aromatic carbocycles. The van der Waals surface area contributed by atoms with Gasteiger partial charge in [0.25, 0.3) is 0 Å². The van der Waals surface area contributed by atoms with Crippen LogP contribution in [0.15, 0.2) is 23.1 Å². The van der Waals surface area contributed by atoms with Crippen LogP contribution < -0.4 is 4.90 Å². The van der Waals surface area contributed by atoms with Gasteiger partial charge in [0.1, 0.15) is 5.40 Å². The van der Waals surface area contributed by atoms with Gasteiger partial charge in [0, 0.05) is 30.6 Å². The summed E-state index contributed by atoms with van der Waals surface area (Å²) in [5.74, 6) is 0.288. The van der Waals surface area contributed by atoms with E-state index in [0.717, 1.165) is 16.0 Å². The highest BCUT2D eigenvalue weighted by atomic mass is 32.2. The number of anilines is 1. The molecule has 1 aliphatic heterocycles. The zero-order chi connectivity index (χ0) is 11.5. The van der Waals surface area contributed by atoms with E-state index in [1.807, 2.05) is 5.40 Å². The summed E-state index contributed by atoms with van der Waals surface area (Å²) in [6, 6.07) is 0. The van der Waals surface area contributed by atoms with Crippen LogP contribution in [0.25, 0.3) is 0 Å². The molecule has 0 bridgehead atoms. The number of amides is 1. The molecule has 1 aromatic heterocycles. The molecule has 0 aliphatic carbocycles. The van der Waals surface area contributed by atoms with Crippen molar-refractivity contribution >= 4 is 34.1 Å². The van der Waals surface area contributed by atoms with Crippen molar-refractivity contribution in [2.24, 2.45) is 5.92 Å². The molecule has 1 aromatic rings. The van der Waals surface area contributed by atoms with Crippen LogP contribution in [-0.4, -0.2) is 17.4 Å². The van der Waals surface area contributed by atoms with Gasteiger partial charge in [0.15, 0.2) is 5.13 Å². The molecular formula is C10H9N3OS2. The summed E-state index contributed by atoms with van der Waals surface area (Å²) in [7, 11) is 0. The SMILES string of the molecule is C=CC1CC(=O)N(c2ncc(SC#N)s2)C1. The van der Waals surface area contributed by atoms with Crippen LogP contribution in [0.3, 0.4) is 0 Å². The lowest BCUT2D eigenvalue weighted by Gasteiger charge is -2.11. The third kappa shape index (κ3) is 2.10. The second-order valence-corrected chi connectivity index (χ2v) is 5.45. The molecule has 0 spiro atoms. The number of carbonyl (C=O) groups is 1.